The van der Waals surface area contributed by atoms with Gasteiger partial charge in [-0.15, -0.1) is 0 Å². The summed E-state index contributed by atoms with van der Waals surface area (Å²) in [7, 11) is -4.64. The van der Waals surface area contributed by atoms with Crippen molar-refractivity contribution in [1.82, 2.24) is 0 Å². The van der Waals surface area contributed by atoms with Crippen LogP contribution in [0.5, 0.6) is 0 Å². The molecule has 0 radical (unpaired) electrons. The fourth-order valence-electron chi connectivity index (χ4n) is 1.74. The molecule has 0 saturated heterocycles. The van der Waals surface area contributed by atoms with E-state index in [-0.39, 0.29) is 4.46 Å². The number of rotatable bonds is 1. The first kappa shape index (κ1) is 16.6. The molecule has 90 valence electrons. The van der Waals surface area contributed by atoms with Gasteiger partial charge in [-0.2, -0.15) is 0 Å². The molecule has 5 nitrogen and oxygen atoms in total. The van der Waals surface area contributed by atoms with E-state index in [0.717, 1.165) is 16.7 Å². The Bertz CT molecular complexity index is 434. The van der Waals surface area contributed by atoms with Crippen LogP contribution in [-0.4, -0.2) is 36.9 Å². The summed E-state index contributed by atoms with van der Waals surface area (Å²) in [6, 6.07) is 4.09. The molecule has 0 aliphatic heterocycles. The monoisotopic (exact) mass is 252 g/mol. The molecular formula is C10H14LiO5P. The van der Waals surface area contributed by atoms with Gasteiger partial charge in [-0.05, 0) is 0 Å². The van der Waals surface area contributed by atoms with Gasteiger partial charge in [0.1, 0.15) is 0 Å². The van der Waals surface area contributed by atoms with Crippen LogP contribution in [0, 0.1) is 20.8 Å². The first-order valence-electron chi connectivity index (χ1n) is 4.89. The first-order valence-corrected chi connectivity index (χ1v) is 6.46. The van der Waals surface area contributed by atoms with Crippen molar-refractivity contribution in [2.45, 2.75) is 20.8 Å². The van der Waals surface area contributed by atoms with E-state index < -0.39 is 7.82 Å². The van der Waals surface area contributed by atoms with Crippen LogP contribution in [-0.2, 0) is 4.57 Å². The van der Waals surface area contributed by atoms with Crippen molar-refractivity contribution in [3.8, 4) is 0 Å². The third kappa shape index (κ3) is 7.51. The summed E-state index contributed by atoms with van der Waals surface area (Å²) in [6.07, 6.45) is 0. The predicted molar refractivity (Wildman–Crippen MR) is 65.0 cm³/mol. The Hall–Kier alpha value is -0.403. The molecular weight excluding hydrogens is 238 g/mol. The van der Waals surface area contributed by atoms with E-state index in [4.69, 9.17) is 19.2 Å². The van der Waals surface area contributed by atoms with Gasteiger partial charge in [-0.1, -0.05) is 0 Å². The quantitative estimate of drug-likeness (QED) is 0.511. The minimum atomic E-state index is -4.64. The molecule has 0 aliphatic carbocycles. The number of benzene rings is 1. The van der Waals surface area contributed by atoms with Crippen molar-refractivity contribution >= 4 is 30.0 Å². The standard InChI is InChI=1S/C10H11O.Li.H3O4P/c1-7-4-8(2)10(6-11)9(3)5-7;;1-5(2,3)4/h4-5H,1-3H3;;(H3,1,2,3,4). The van der Waals surface area contributed by atoms with E-state index in [1.165, 1.54) is 5.56 Å². The van der Waals surface area contributed by atoms with Crippen molar-refractivity contribution in [3.05, 3.63) is 34.4 Å². The molecule has 0 saturated carbocycles. The number of carbonyl (C=O) groups is 1. The second-order valence-electron chi connectivity index (χ2n) is 3.84. The Morgan fingerprint density at radius 3 is 1.65 bits per heavy atom. The molecule has 7 heteroatoms. The van der Waals surface area contributed by atoms with E-state index in [1.807, 2.05) is 32.9 Å². The number of phosphoric acid groups is 1. The molecule has 0 heterocycles. The van der Waals surface area contributed by atoms with Crippen molar-refractivity contribution in [2.75, 3.05) is 0 Å². The maximum atomic E-state index is 11.2. The molecule has 1 aromatic rings. The van der Waals surface area contributed by atoms with Gasteiger partial charge in [0.15, 0.2) is 0 Å². The number of hydrogen-bond acceptors (Lipinski definition) is 2. The first-order chi connectivity index (χ1) is 7.52. The predicted octanol–water partition coefficient (Wildman–Crippen LogP) is 0.992. The second-order valence-corrected chi connectivity index (χ2v) is 4.87. The number of hydrogen-bond donors (Lipinski definition) is 3. The van der Waals surface area contributed by atoms with Gasteiger partial charge in [0, 0.05) is 0 Å². The summed E-state index contributed by atoms with van der Waals surface area (Å²) in [5.74, 6) is 0. The molecule has 0 unspecified atom stereocenters. The van der Waals surface area contributed by atoms with E-state index >= 15 is 0 Å². The molecule has 3 N–H and O–H groups in total. The zero-order valence-electron chi connectivity index (χ0n) is 10.3. The summed E-state index contributed by atoms with van der Waals surface area (Å²) in [6.45, 7) is 6.01. The fraction of sp³-hybridized carbons (Fsp3) is 0.300. The third-order valence-electron chi connectivity index (χ3n) is 2.03. The molecule has 17 heavy (non-hydrogen) atoms. The zero-order valence-corrected chi connectivity index (χ0v) is 11.2. The van der Waals surface area contributed by atoms with Gasteiger partial charge in [-0.3, -0.25) is 0 Å². The molecule has 0 atom stereocenters. The third-order valence-corrected chi connectivity index (χ3v) is 2.03. The van der Waals surface area contributed by atoms with Crippen molar-refractivity contribution < 1.29 is 24.0 Å². The summed E-state index contributed by atoms with van der Waals surface area (Å²) in [5, 5.41) is 0. The fourth-order valence-corrected chi connectivity index (χ4v) is 1.74. The average Bonchev–Trinajstić information content (AvgIpc) is 1.95. The van der Waals surface area contributed by atoms with Crippen LogP contribution in [0.25, 0.3) is 0 Å². The Balaban J connectivity index is 0.000000437. The molecule has 0 amide bonds. The summed E-state index contributed by atoms with van der Waals surface area (Å²) in [5.41, 5.74) is 4.26. The average molecular weight is 252 g/mol. The Morgan fingerprint density at radius 2 is 1.41 bits per heavy atom. The molecule has 0 spiro atoms. The molecule has 0 bridgehead atoms. The van der Waals surface area contributed by atoms with E-state index in [2.05, 4.69) is 0 Å². The second kappa shape index (κ2) is 6.51. The summed E-state index contributed by atoms with van der Waals surface area (Å²) in [4.78, 5) is 32.8. The van der Waals surface area contributed by atoms with Crippen LogP contribution in [0.4, 0.5) is 0 Å². The summed E-state index contributed by atoms with van der Waals surface area (Å²) < 4.78 is 9.04. The molecule has 1 aromatic carbocycles. The van der Waals surface area contributed by atoms with Crippen molar-refractivity contribution in [1.29, 1.82) is 0 Å². The normalized spacial score (nSPS) is 10.6. The molecule has 0 fully saturated rings. The van der Waals surface area contributed by atoms with Gasteiger partial charge >= 0.3 is 89.9 Å². The molecule has 1 rings (SSSR count). The minimum absolute atomic E-state index is 0.157. The summed E-state index contributed by atoms with van der Waals surface area (Å²) >= 11 is 1.62. The van der Waals surface area contributed by atoms with Crippen LogP contribution in [0.3, 0.4) is 0 Å². The Labute approximate surface area is 109 Å². The zero-order chi connectivity index (χ0) is 13.8. The Kier molecular flexibility index (Phi) is 6.35. The van der Waals surface area contributed by atoms with Gasteiger partial charge in [-0.25, -0.2) is 4.57 Å². The Morgan fingerprint density at radius 1 is 1.12 bits per heavy atom. The van der Waals surface area contributed by atoms with Crippen LogP contribution >= 0.6 is 7.82 Å². The van der Waals surface area contributed by atoms with E-state index in [9.17, 15) is 4.79 Å². The topological polar surface area (TPSA) is 94.8 Å². The SMILES string of the molecule is O=P(O)(O)O.[Li][C](=O)c1c(C)cc(C)cc1C. The van der Waals surface area contributed by atoms with Crippen molar-refractivity contribution in [3.63, 3.8) is 0 Å². The van der Waals surface area contributed by atoms with Crippen LogP contribution in [0.1, 0.15) is 27.0 Å². The van der Waals surface area contributed by atoms with Gasteiger partial charge in [0.05, 0.1) is 0 Å². The van der Waals surface area contributed by atoms with Crippen LogP contribution < -0.4 is 0 Å². The van der Waals surface area contributed by atoms with Gasteiger partial charge < -0.3 is 14.7 Å². The number of aryl methyl sites for hydroxylation is 3. The van der Waals surface area contributed by atoms with Crippen LogP contribution in [0.15, 0.2) is 12.1 Å². The van der Waals surface area contributed by atoms with Gasteiger partial charge in [0.2, 0.25) is 0 Å². The van der Waals surface area contributed by atoms with Crippen LogP contribution in [0.2, 0.25) is 0 Å². The molecule has 0 aromatic heterocycles. The van der Waals surface area contributed by atoms with Gasteiger partial charge in [0.25, 0.3) is 0 Å². The maximum absolute atomic E-state index is 11.2. The van der Waals surface area contributed by atoms with E-state index in [1.54, 1.807) is 17.7 Å². The molecule has 0 aliphatic rings. The van der Waals surface area contributed by atoms with E-state index in [0.29, 0.717) is 0 Å². The van der Waals surface area contributed by atoms with Crippen molar-refractivity contribution in [2.24, 2.45) is 0 Å². The number of carbonyl (C=O) groups excluding carboxylic acids is 1.